The first-order valence-corrected chi connectivity index (χ1v) is 10.4. The van der Waals surface area contributed by atoms with E-state index < -0.39 is 41.4 Å². The van der Waals surface area contributed by atoms with Gasteiger partial charge in [0.2, 0.25) is 0 Å². The van der Waals surface area contributed by atoms with Crippen molar-refractivity contribution >= 4 is 34.1 Å². The molecule has 0 saturated carbocycles. The Morgan fingerprint density at radius 2 is 2.00 bits per heavy atom. The first kappa shape index (κ1) is 21.5. The van der Waals surface area contributed by atoms with E-state index in [0.29, 0.717) is 18.0 Å². The molecule has 0 bridgehead atoms. The molecule has 0 aliphatic carbocycles. The molecule has 1 atom stereocenters. The molecule has 5 rings (SSSR count). The van der Waals surface area contributed by atoms with Crippen molar-refractivity contribution in [2.75, 3.05) is 13.1 Å². The SMILES string of the molecule is CC(F)(F)CN1C(=O)C2=C(C(c3cccc4[nH]c(=O)oc34)=NC2)C1c1cnc(C(F)(F)F)s1. The average Bonchev–Trinajstić information content (AvgIpc) is 3.45. The van der Waals surface area contributed by atoms with Gasteiger partial charge in [0.15, 0.2) is 10.6 Å². The normalized spacial score (nSPS) is 19.1. The van der Waals surface area contributed by atoms with Crippen LogP contribution in [0.4, 0.5) is 22.0 Å². The van der Waals surface area contributed by atoms with Gasteiger partial charge in [-0.3, -0.25) is 14.8 Å². The van der Waals surface area contributed by atoms with Gasteiger partial charge >= 0.3 is 11.9 Å². The van der Waals surface area contributed by atoms with E-state index in [1.165, 1.54) is 0 Å². The fourth-order valence-corrected chi connectivity index (χ4v) is 4.99. The van der Waals surface area contributed by atoms with Crippen LogP contribution in [0.5, 0.6) is 0 Å². The van der Waals surface area contributed by atoms with Crippen molar-refractivity contribution in [2.24, 2.45) is 4.99 Å². The maximum Gasteiger partial charge on any atom is 0.443 e. The number of para-hydroxylation sites is 1. The largest absolute Gasteiger partial charge is 0.443 e. The minimum atomic E-state index is -4.73. The smallest absolute Gasteiger partial charge is 0.407 e. The van der Waals surface area contributed by atoms with Crippen LogP contribution in [0.25, 0.3) is 11.1 Å². The number of fused-ring (bicyclic) bond motifs is 1. The molecule has 1 unspecified atom stereocenters. The quantitative estimate of drug-likeness (QED) is 0.568. The second-order valence-corrected chi connectivity index (χ2v) is 8.79. The topological polar surface area (TPSA) is 91.6 Å². The first-order chi connectivity index (χ1) is 15.4. The molecule has 4 heterocycles. The van der Waals surface area contributed by atoms with Crippen LogP contribution in [-0.4, -0.2) is 45.5 Å². The van der Waals surface area contributed by atoms with Crippen molar-refractivity contribution in [2.45, 2.75) is 25.1 Å². The second kappa shape index (κ2) is 7.07. The van der Waals surface area contributed by atoms with Crippen LogP contribution in [0.2, 0.25) is 0 Å². The monoisotopic (exact) mass is 484 g/mol. The van der Waals surface area contributed by atoms with E-state index in [2.05, 4.69) is 15.0 Å². The lowest BCUT2D eigenvalue weighted by Crippen LogP contribution is -2.39. The van der Waals surface area contributed by atoms with Crippen LogP contribution in [0, 0.1) is 0 Å². The van der Waals surface area contributed by atoms with Crippen molar-refractivity contribution in [1.82, 2.24) is 14.9 Å². The molecular formula is C20H13F5N4O3S. The summed E-state index contributed by atoms with van der Waals surface area (Å²) in [6, 6.07) is 3.51. The third-order valence-corrected chi connectivity index (χ3v) is 6.36. The molecular weight excluding hydrogens is 471 g/mol. The van der Waals surface area contributed by atoms with Gasteiger partial charge in [0.05, 0.1) is 35.2 Å². The molecule has 3 aromatic rings. The highest BCUT2D eigenvalue weighted by Gasteiger charge is 2.48. The summed E-state index contributed by atoms with van der Waals surface area (Å²) in [6.07, 6.45) is -3.79. The fraction of sp³-hybridized carbons (Fsp3) is 0.300. The molecule has 0 fully saturated rings. The number of carbonyl (C=O) groups is 1. The number of aromatic nitrogens is 2. The molecule has 2 aromatic heterocycles. The number of hydrogen-bond acceptors (Lipinski definition) is 6. The predicted molar refractivity (Wildman–Crippen MR) is 107 cm³/mol. The van der Waals surface area contributed by atoms with Gasteiger partial charge in [0.25, 0.3) is 11.8 Å². The molecule has 2 aliphatic heterocycles. The second-order valence-electron chi connectivity index (χ2n) is 7.73. The molecule has 0 saturated heterocycles. The number of alkyl halides is 5. The number of aliphatic imine (C=N–C) groups is 1. The minimum absolute atomic E-state index is 0.0257. The number of nitrogens with zero attached hydrogens (tertiary/aromatic N) is 3. The Balaban J connectivity index is 1.66. The van der Waals surface area contributed by atoms with Crippen LogP contribution >= 0.6 is 11.3 Å². The van der Waals surface area contributed by atoms with E-state index in [0.717, 1.165) is 11.1 Å². The van der Waals surface area contributed by atoms with Gasteiger partial charge in [-0.2, -0.15) is 13.2 Å². The van der Waals surface area contributed by atoms with E-state index >= 15 is 0 Å². The Kier molecular flexibility index (Phi) is 4.61. The zero-order chi connectivity index (χ0) is 23.7. The van der Waals surface area contributed by atoms with Crippen molar-refractivity contribution in [3.05, 3.63) is 61.5 Å². The third kappa shape index (κ3) is 3.56. The Labute approximate surface area is 185 Å². The number of rotatable bonds is 4. The summed E-state index contributed by atoms with van der Waals surface area (Å²) >= 11 is 0.279. The van der Waals surface area contributed by atoms with Gasteiger partial charge in [-0.05, 0) is 12.1 Å². The van der Waals surface area contributed by atoms with Crippen LogP contribution in [0.3, 0.4) is 0 Å². The minimum Gasteiger partial charge on any atom is -0.407 e. The van der Waals surface area contributed by atoms with Crippen molar-refractivity contribution < 1.29 is 31.2 Å². The molecule has 7 nitrogen and oxygen atoms in total. The van der Waals surface area contributed by atoms with Crippen molar-refractivity contribution in [1.29, 1.82) is 0 Å². The molecule has 1 aromatic carbocycles. The predicted octanol–water partition coefficient (Wildman–Crippen LogP) is 3.93. The molecule has 13 heteroatoms. The third-order valence-electron chi connectivity index (χ3n) is 5.26. The Morgan fingerprint density at radius 1 is 1.24 bits per heavy atom. The number of aromatic amines is 1. The summed E-state index contributed by atoms with van der Waals surface area (Å²) < 4.78 is 72.6. The maximum absolute atomic E-state index is 13.9. The lowest BCUT2D eigenvalue weighted by Gasteiger charge is -2.29. The standard InChI is InChI=1S/C20H13F5N4O3S/c1-19(21,22)7-29-14(11-6-27-17(33-11)20(23,24)25)12-9(16(29)30)5-26-13(12)8-3-2-4-10-15(8)32-18(31)28-10/h2-4,6,14H,5,7H2,1H3,(H,28,31). The molecule has 0 radical (unpaired) electrons. The summed E-state index contributed by atoms with van der Waals surface area (Å²) in [5.41, 5.74) is 1.32. The number of thiazole rings is 1. The average molecular weight is 484 g/mol. The highest BCUT2D eigenvalue weighted by molar-refractivity contribution is 7.11. The van der Waals surface area contributed by atoms with E-state index in [1.54, 1.807) is 18.2 Å². The number of H-pyrrole nitrogens is 1. The summed E-state index contributed by atoms with van der Waals surface area (Å²) in [6.45, 7) is -0.514. The number of benzene rings is 1. The zero-order valence-electron chi connectivity index (χ0n) is 16.7. The zero-order valence-corrected chi connectivity index (χ0v) is 17.5. The maximum atomic E-state index is 13.9. The number of amides is 1. The Morgan fingerprint density at radius 3 is 2.67 bits per heavy atom. The van der Waals surface area contributed by atoms with Gasteiger partial charge < -0.3 is 9.32 Å². The van der Waals surface area contributed by atoms with Crippen LogP contribution in [0.15, 0.2) is 49.7 Å². The highest BCUT2D eigenvalue weighted by Crippen LogP contribution is 2.47. The Bertz CT molecular complexity index is 1410. The highest BCUT2D eigenvalue weighted by atomic mass is 32.1. The number of hydrogen-bond donors (Lipinski definition) is 1. The molecule has 1 N–H and O–H groups in total. The molecule has 33 heavy (non-hydrogen) atoms. The van der Waals surface area contributed by atoms with E-state index in [9.17, 15) is 31.5 Å². The van der Waals surface area contributed by atoms with Gasteiger partial charge in [0, 0.05) is 29.8 Å². The van der Waals surface area contributed by atoms with Gasteiger partial charge in [0.1, 0.15) is 0 Å². The number of halogens is 5. The summed E-state index contributed by atoms with van der Waals surface area (Å²) in [5.74, 6) is -4.76. The van der Waals surface area contributed by atoms with Crippen LogP contribution < -0.4 is 5.76 Å². The van der Waals surface area contributed by atoms with Gasteiger partial charge in [-0.25, -0.2) is 18.6 Å². The number of nitrogens with one attached hydrogen (secondary N) is 1. The van der Waals surface area contributed by atoms with E-state index in [1.807, 2.05) is 0 Å². The lowest BCUT2D eigenvalue weighted by atomic mass is 9.95. The molecule has 172 valence electrons. The molecule has 0 spiro atoms. The molecule has 2 aliphatic rings. The van der Waals surface area contributed by atoms with Crippen LogP contribution in [-0.2, 0) is 11.0 Å². The van der Waals surface area contributed by atoms with Crippen molar-refractivity contribution in [3.8, 4) is 0 Å². The summed E-state index contributed by atoms with van der Waals surface area (Å²) in [7, 11) is 0. The van der Waals surface area contributed by atoms with Crippen molar-refractivity contribution in [3.63, 3.8) is 0 Å². The van der Waals surface area contributed by atoms with Crippen LogP contribution in [0.1, 0.15) is 28.4 Å². The van der Waals surface area contributed by atoms with E-state index in [4.69, 9.17) is 4.42 Å². The lowest BCUT2D eigenvalue weighted by molar-refractivity contribution is -0.137. The number of oxazole rings is 1. The van der Waals surface area contributed by atoms with E-state index in [-0.39, 0.29) is 45.2 Å². The first-order valence-electron chi connectivity index (χ1n) is 9.56. The van der Waals surface area contributed by atoms with Gasteiger partial charge in [-0.15, -0.1) is 11.3 Å². The summed E-state index contributed by atoms with van der Waals surface area (Å²) in [4.78, 5) is 35.8. The fourth-order valence-electron chi connectivity index (χ4n) is 4.09. The Hall–Kier alpha value is -3.35. The molecule has 1 amide bonds. The van der Waals surface area contributed by atoms with Gasteiger partial charge in [-0.1, -0.05) is 6.07 Å². The summed E-state index contributed by atoms with van der Waals surface area (Å²) in [5, 5.41) is -1.16. The number of carbonyl (C=O) groups excluding carboxylic acids is 1.